The Labute approximate surface area is 89.1 Å². The van der Waals surface area contributed by atoms with Crippen molar-refractivity contribution in [1.82, 2.24) is 10.2 Å². The average Bonchev–Trinajstić information content (AvgIpc) is 2.99. The molecular weight excluding hydrogens is 172 g/mol. The van der Waals surface area contributed by atoms with Gasteiger partial charge in [0.05, 0.1) is 0 Å². The highest BCUT2D eigenvalue weighted by Gasteiger charge is 2.22. The maximum atomic E-state index is 3.62. The summed E-state index contributed by atoms with van der Waals surface area (Å²) >= 11 is 0. The zero-order valence-electron chi connectivity index (χ0n) is 10.1. The lowest BCUT2D eigenvalue weighted by atomic mass is 10.2. The van der Waals surface area contributed by atoms with Crippen molar-refractivity contribution in [2.75, 3.05) is 20.1 Å². The molecule has 2 heteroatoms. The van der Waals surface area contributed by atoms with Gasteiger partial charge < -0.3 is 10.2 Å². The van der Waals surface area contributed by atoms with Crippen LogP contribution in [0.2, 0.25) is 0 Å². The number of nitrogens with zero attached hydrogens (tertiary/aromatic N) is 1. The van der Waals surface area contributed by atoms with Gasteiger partial charge in [0.1, 0.15) is 0 Å². The van der Waals surface area contributed by atoms with Crippen LogP contribution in [0.15, 0.2) is 0 Å². The van der Waals surface area contributed by atoms with Gasteiger partial charge in [0.2, 0.25) is 0 Å². The number of likely N-dealkylation sites (N-methyl/N-ethyl adjacent to an activating group) is 1. The summed E-state index contributed by atoms with van der Waals surface area (Å²) in [5.74, 6) is 0. The van der Waals surface area contributed by atoms with Crippen molar-refractivity contribution in [2.45, 2.75) is 58.0 Å². The van der Waals surface area contributed by atoms with Crippen molar-refractivity contribution in [3.8, 4) is 0 Å². The predicted molar refractivity (Wildman–Crippen MR) is 62.6 cm³/mol. The fourth-order valence-electron chi connectivity index (χ4n) is 1.79. The van der Waals surface area contributed by atoms with Crippen molar-refractivity contribution in [3.05, 3.63) is 0 Å². The molecule has 1 aliphatic carbocycles. The largest absolute Gasteiger partial charge is 0.312 e. The van der Waals surface area contributed by atoms with E-state index >= 15 is 0 Å². The Bertz CT molecular complexity index is 143. The summed E-state index contributed by atoms with van der Waals surface area (Å²) in [7, 11) is 2.26. The van der Waals surface area contributed by atoms with Gasteiger partial charge in [0.15, 0.2) is 0 Å². The number of nitrogens with one attached hydrogen (secondary N) is 1. The first-order valence-corrected chi connectivity index (χ1v) is 6.21. The molecule has 1 unspecified atom stereocenters. The van der Waals surface area contributed by atoms with Crippen LogP contribution < -0.4 is 5.32 Å². The predicted octanol–water partition coefficient (Wildman–Crippen LogP) is 2.25. The Balaban J connectivity index is 2.13. The normalized spacial score (nSPS) is 18.9. The van der Waals surface area contributed by atoms with E-state index < -0.39 is 0 Å². The molecule has 0 aliphatic heterocycles. The van der Waals surface area contributed by atoms with Crippen molar-refractivity contribution < 1.29 is 0 Å². The molecular formula is C12H26N2. The minimum absolute atomic E-state index is 0.738. The molecule has 0 radical (unpaired) electrons. The zero-order chi connectivity index (χ0) is 10.4. The van der Waals surface area contributed by atoms with Gasteiger partial charge in [-0.05, 0) is 39.3 Å². The van der Waals surface area contributed by atoms with Crippen LogP contribution in [0, 0.1) is 0 Å². The smallest absolute Gasteiger partial charge is 0.0215 e. The molecule has 0 bridgehead atoms. The summed E-state index contributed by atoms with van der Waals surface area (Å²) < 4.78 is 0. The van der Waals surface area contributed by atoms with E-state index in [2.05, 4.69) is 31.1 Å². The van der Waals surface area contributed by atoms with Gasteiger partial charge in [0.25, 0.3) is 0 Å². The van der Waals surface area contributed by atoms with E-state index in [1.165, 1.54) is 45.2 Å². The third-order valence-electron chi connectivity index (χ3n) is 3.18. The average molecular weight is 198 g/mol. The molecule has 0 amide bonds. The zero-order valence-corrected chi connectivity index (χ0v) is 10.1. The SMILES string of the molecule is CCCCN(C)C(CC)CNC1CC1. The highest BCUT2D eigenvalue weighted by atomic mass is 15.1. The second-order valence-corrected chi connectivity index (χ2v) is 4.58. The lowest BCUT2D eigenvalue weighted by molar-refractivity contribution is 0.226. The van der Waals surface area contributed by atoms with E-state index in [9.17, 15) is 0 Å². The number of rotatable bonds is 8. The molecule has 14 heavy (non-hydrogen) atoms. The van der Waals surface area contributed by atoms with E-state index in [1.54, 1.807) is 0 Å². The molecule has 0 saturated heterocycles. The monoisotopic (exact) mass is 198 g/mol. The van der Waals surface area contributed by atoms with Gasteiger partial charge in [-0.25, -0.2) is 0 Å². The molecule has 84 valence electrons. The number of hydrogen-bond acceptors (Lipinski definition) is 2. The van der Waals surface area contributed by atoms with Crippen molar-refractivity contribution >= 4 is 0 Å². The minimum atomic E-state index is 0.738. The Morgan fingerprint density at radius 2 is 2.07 bits per heavy atom. The Morgan fingerprint density at radius 3 is 2.57 bits per heavy atom. The Morgan fingerprint density at radius 1 is 1.36 bits per heavy atom. The van der Waals surface area contributed by atoms with Crippen LogP contribution in [0.4, 0.5) is 0 Å². The Kier molecular flexibility index (Phi) is 5.49. The summed E-state index contributed by atoms with van der Waals surface area (Å²) in [6.07, 6.45) is 6.69. The lowest BCUT2D eigenvalue weighted by Crippen LogP contribution is -2.40. The van der Waals surface area contributed by atoms with E-state index in [-0.39, 0.29) is 0 Å². The Hall–Kier alpha value is -0.0800. The fraction of sp³-hybridized carbons (Fsp3) is 1.00. The summed E-state index contributed by atoms with van der Waals surface area (Å²) in [4.78, 5) is 2.51. The van der Waals surface area contributed by atoms with Crippen LogP contribution >= 0.6 is 0 Å². The van der Waals surface area contributed by atoms with E-state index in [4.69, 9.17) is 0 Å². The van der Waals surface area contributed by atoms with Gasteiger partial charge in [0, 0.05) is 18.6 Å². The highest BCUT2D eigenvalue weighted by molar-refractivity contribution is 4.83. The second kappa shape index (κ2) is 6.41. The van der Waals surface area contributed by atoms with Crippen molar-refractivity contribution in [3.63, 3.8) is 0 Å². The second-order valence-electron chi connectivity index (χ2n) is 4.58. The molecule has 1 rings (SSSR count). The maximum Gasteiger partial charge on any atom is 0.0215 e. The molecule has 1 fully saturated rings. The van der Waals surface area contributed by atoms with Crippen LogP contribution in [-0.2, 0) is 0 Å². The van der Waals surface area contributed by atoms with Crippen molar-refractivity contribution in [2.24, 2.45) is 0 Å². The molecule has 1 atom stereocenters. The maximum absolute atomic E-state index is 3.62. The molecule has 1 N–H and O–H groups in total. The summed E-state index contributed by atoms with van der Waals surface area (Å²) in [6, 6.07) is 1.59. The molecule has 0 aromatic rings. The third kappa shape index (κ3) is 4.43. The highest BCUT2D eigenvalue weighted by Crippen LogP contribution is 2.18. The summed E-state index contributed by atoms with van der Waals surface area (Å²) in [5.41, 5.74) is 0. The van der Waals surface area contributed by atoms with Crippen molar-refractivity contribution in [1.29, 1.82) is 0 Å². The van der Waals surface area contributed by atoms with Crippen LogP contribution in [0.25, 0.3) is 0 Å². The topological polar surface area (TPSA) is 15.3 Å². The quantitative estimate of drug-likeness (QED) is 0.643. The molecule has 0 spiro atoms. The molecule has 2 nitrogen and oxygen atoms in total. The van der Waals surface area contributed by atoms with Gasteiger partial charge in [-0.3, -0.25) is 0 Å². The third-order valence-corrected chi connectivity index (χ3v) is 3.18. The van der Waals surface area contributed by atoms with Gasteiger partial charge in [-0.1, -0.05) is 20.3 Å². The number of hydrogen-bond donors (Lipinski definition) is 1. The van der Waals surface area contributed by atoms with E-state index in [0.717, 1.165) is 12.1 Å². The van der Waals surface area contributed by atoms with Gasteiger partial charge >= 0.3 is 0 Å². The molecule has 1 saturated carbocycles. The van der Waals surface area contributed by atoms with E-state index in [0.29, 0.717) is 0 Å². The summed E-state index contributed by atoms with van der Waals surface area (Å²) in [6.45, 7) is 6.99. The van der Waals surface area contributed by atoms with Crippen LogP contribution in [0.5, 0.6) is 0 Å². The van der Waals surface area contributed by atoms with Gasteiger partial charge in [-0.15, -0.1) is 0 Å². The molecule has 0 heterocycles. The fourth-order valence-corrected chi connectivity index (χ4v) is 1.79. The standard InChI is InChI=1S/C12H26N2/c1-4-6-9-14(3)12(5-2)10-13-11-7-8-11/h11-13H,4-10H2,1-3H3. The van der Waals surface area contributed by atoms with Gasteiger partial charge in [-0.2, -0.15) is 0 Å². The van der Waals surface area contributed by atoms with E-state index in [1.807, 2.05) is 0 Å². The summed E-state index contributed by atoms with van der Waals surface area (Å²) in [5, 5.41) is 3.62. The molecule has 0 aromatic heterocycles. The molecule has 0 aromatic carbocycles. The van der Waals surface area contributed by atoms with Crippen LogP contribution in [-0.4, -0.2) is 37.1 Å². The molecule has 1 aliphatic rings. The lowest BCUT2D eigenvalue weighted by Gasteiger charge is -2.27. The number of unbranched alkanes of at least 4 members (excludes halogenated alkanes) is 1. The first-order chi connectivity index (χ1) is 6.77. The first-order valence-electron chi connectivity index (χ1n) is 6.21. The van der Waals surface area contributed by atoms with Crippen LogP contribution in [0.1, 0.15) is 46.0 Å². The minimum Gasteiger partial charge on any atom is -0.312 e. The first kappa shape index (κ1) is 12.0. The van der Waals surface area contributed by atoms with Crippen LogP contribution in [0.3, 0.4) is 0 Å².